The molecule has 0 aliphatic heterocycles. The van der Waals surface area contributed by atoms with Gasteiger partial charge in [-0.1, -0.05) is 194 Å². The van der Waals surface area contributed by atoms with Gasteiger partial charge in [0.1, 0.15) is 0 Å². The Morgan fingerprint density at radius 3 is 1.19 bits per heavy atom. The van der Waals surface area contributed by atoms with Gasteiger partial charge in [0, 0.05) is 66.9 Å². The molecule has 6 heterocycles. The van der Waals surface area contributed by atoms with Crippen molar-refractivity contribution < 1.29 is 0 Å². The van der Waals surface area contributed by atoms with Gasteiger partial charge in [-0.3, -0.25) is 0 Å². The molecular weight excluding hydrogens is 1010 g/mol. The fourth-order valence-corrected chi connectivity index (χ4v) is 12.9. The van der Waals surface area contributed by atoms with Crippen LogP contribution in [0.25, 0.3) is 139 Å². The third-order valence-electron chi connectivity index (χ3n) is 16.7. The summed E-state index contributed by atoms with van der Waals surface area (Å²) in [5.74, 6) is 0. The van der Waals surface area contributed by atoms with Crippen LogP contribution in [-0.4, -0.2) is 28.7 Å². The maximum Gasteiger partial charge on any atom is 0.0894 e. The second-order valence-electron chi connectivity index (χ2n) is 21.5. The molecule has 6 heteroatoms. The van der Waals surface area contributed by atoms with Gasteiger partial charge in [0.2, 0.25) is 0 Å². The number of aromatic nitrogens is 6. The third kappa shape index (κ3) is 8.06. The molecule has 0 bridgehead atoms. The van der Waals surface area contributed by atoms with Crippen molar-refractivity contribution in [1.82, 2.24) is 28.7 Å². The summed E-state index contributed by atoms with van der Waals surface area (Å²) in [7, 11) is 0. The van der Waals surface area contributed by atoms with Crippen molar-refractivity contribution in [2.75, 3.05) is 0 Å². The summed E-state index contributed by atoms with van der Waals surface area (Å²) in [6, 6.07) is 102. The van der Waals surface area contributed by atoms with Gasteiger partial charge in [-0.15, -0.1) is 0 Å². The first kappa shape index (κ1) is 48.0. The summed E-state index contributed by atoms with van der Waals surface area (Å²) < 4.78 is 7.34. The van der Waals surface area contributed by atoms with Crippen LogP contribution in [-0.2, 0) is 6.42 Å². The minimum atomic E-state index is 0.774. The minimum absolute atomic E-state index is 0.774. The first-order valence-corrected chi connectivity index (χ1v) is 28.4. The number of hydrogen-bond donors (Lipinski definition) is 0. The molecule has 0 aliphatic rings. The molecule has 0 N–H and O–H groups in total. The van der Waals surface area contributed by atoms with Crippen LogP contribution in [0.15, 0.2) is 285 Å². The zero-order valence-corrected chi connectivity index (χ0v) is 45.5. The second-order valence-corrected chi connectivity index (χ2v) is 21.5. The zero-order chi connectivity index (χ0) is 55.0. The van der Waals surface area contributed by atoms with Crippen molar-refractivity contribution in [3.05, 3.63) is 302 Å². The highest BCUT2D eigenvalue weighted by molar-refractivity contribution is 6.24. The van der Waals surface area contributed by atoms with Crippen molar-refractivity contribution in [2.45, 2.75) is 13.3 Å². The molecule has 390 valence electrons. The number of rotatable bonds is 10. The molecule has 0 saturated carbocycles. The standard InChI is InChI=1S/C77H52N6/c1-50-21-8-9-30-57(50)58-43-44-62-59-31-10-14-41-73(59)82(75(62)65(58)47-51-22-4-2-5-23-51)55-28-16-24-52(48-55)66-34-18-36-68(78-66)70-38-20-39-71(80-70)69-37-19-35-67(79-69)53-25-17-29-56(49-53)83-74-42-15-12-33-61(74)64-46-45-63-60-32-11-13-40-72(60)81(76(63)77(64)83)54-26-6-3-7-27-54/h2-46,48-49H,47H2,1H3. The largest absolute Gasteiger partial charge is 0.309 e. The number of aryl methyl sites for hydroxylation is 1. The Balaban J connectivity index is 0.765. The molecule has 0 radical (unpaired) electrons. The molecule has 16 rings (SSSR count). The molecule has 10 aromatic carbocycles. The van der Waals surface area contributed by atoms with E-state index in [2.05, 4.69) is 281 Å². The van der Waals surface area contributed by atoms with E-state index in [1.807, 2.05) is 24.3 Å². The highest BCUT2D eigenvalue weighted by Gasteiger charge is 2.23. The molecule has 16 aromatic rings. The Hall–Kier alpha value is -11.0. The Bertz CT molecular complexity index is 5200. The van der Waals surface area contributed by atoms with E-state index in [0.29, 0.717) is 0 Å². The molecule has 0 spiro atoms. The SMILES string of the molecule is Cc1ccccc1-c1ccc2c3ccccc3n(-c3cccc(-c4cccc(-c5cccc(-c6cccc(-c7cccc(-n8c9ccccc9c9ccc%10c%11ccccc%11n(-c%11ccccc%11)c%10c98)c7)n6)n5)n4)c3)c2c1Cc1ccccc1. The van der Waals surface area contributed by atoms with Gasteiger partial charge < -0.3 is 13.7 Å². The van der Waals surface area contributed by atoms with Crippen LogP contribution in [0.3, 0.4) is 0 Å². The van der Waals surface area contributed by atoms with Crippen LogP contribution in [0, 0.1) is 6.92 Å². The van der Waals surface area contributed by atoms with Crippen LogP contribution < -0.4 is 0 Å². The summed E-state index contributed by atoms with van der Waals surface area (Å²) >= 11 is 0. The van der Waals surface area contributed by atoms with Crippen molar-refractivity contribution in [3.8, 4) is 73.5 Å². The highest BCUT2D eigenvalue weighted by atomic mass is 15.0. The Morgan fingerprint density at radius 2 is 0.663 bits per heavy atom. The van der Waals surface area contributed by atoms with E-state index in [0.717, 1.165) is 85.3 Å². The Labute approximate surface area is 480 Å². The number of para-hydroxylation sites is 4. The number of fused-ring (bicyclic) bond motifs is 10. The first-order valence-electron chi connectivity index (χ1n) is 28.4. The Kier molecular flexibility index (Phi) is 11.4. The molecule has 0 atom stereocenters. The quantitative estimate of drug-likeness (QED) is 0.137. The van der Waals surface area contributed by atoms with E-state index in [1.165, 1.54) is 76.7 Å². The number of hydrogen-bond acceptors (Lipinski definition) is 3. The lowest BCUT2D eigenvalue weighted by molar-refractivity contribution is 1.13. The predicted molar refractivity (Wildman–Crippen MR) is 344 cm³/mol. The fraction of sp³-hybridized carbons (Fsp3) is 0.0260. The zero-order valence-electron chi connectivity index (χ0n) is 45.5. The minimum Gasteiger partial charge on any atom is -0.309 e. The lowest BCUT2D eigenvalue weighted by Gasteiger charge is -2.17. The van der Waals surface area contributed by atoms with Crippen LogP contribution in [0.5, 0.6) is 0 Å². The van der Waals surface area contributed by atoms with Crippen molar-refractivity contribution in [1.29, 1.82) is 0 Å². The molecule has 83 heavy (non-hydrogen) atoms. The van der Waals surface area contributed by atoms with Crippen molar-refractivity contribution in [3.63, 3.8) is 0 Å². The van der Waals surface area contributed by atoms with E-state index in [4.69, 9.17) is 15.0 Å². The van der Waals surface area contributed by atoms with Crippen LogP contribution in [0.4, 0.5) is 0 Å². The van der Waals surface area contributed by atoms with Crippen LogP contribution >= 0.6 is 0 Å². The van der Waals surface area contributed by atoms with Gasteiger partial charge in [0.25, 0.3) is 0 Å². The molecule has 0 amide bonds. The number of benzene rings is 10. The smallest absolute Gasteiger partial charge is 0.0894 e. The summed E-state index contributed by atoms with van der Waals surface area (Å²) in [4.78, 5) is 15.9. The van der Waals surface area contributed by atoms with Gasteiger partial charge >= 0.3 is 0 Å². The van der Waals surface area contributed by atoms with Gasteiger partial charge in [-0.05, 0) is 126 Å². The third-order valence-corrected chi connectivity index (χ3v) is 16.7. The fourth-order valence-electron chi connectivity index (χ4n) is 12.9. The van der Waals surface area contributed by atoms with Crippen LogP contribution in [0.1, 0.15) is 16.7 Å². The lowest BCUT2D eigenvalue weighted by Crippen LogP contribution is -2.01. The molecule has 0 fully saturated rings. The number of nitrogens with zero attached hydrogens (tertiary/aromatic N) is 6. The van der Waals surface area contributed by atoms with Crippen molar-refractivity contribution in [2.24, 2.45) is 0 Å². The molecule has 0 unspecified atom stereocenters. The van der Waals surface area contributed by atoms with E-state index in [-0.39, 0.29) is 0 Å². The number of pyridine rings is 3. The van der Waals surface area contributed by atoms with Gasteiger partial charge in [0.15, 0.2) is 0 Å². The predicted octanol–water partition coefficient (Wildman–Crippen LogP) is 19.4. The summed E-state index contributed by atoms with van der Waals surface area (Å²) in [5.41, 5.74) is 23.5. The average Bonchev–Trinajstić information content (AvgIpc) is 1.88. The monoisotopic (exact) mass is 1060 g/mol. The summed E-state index contributed by atoms with van der Waals surface area (Å²) in [5, 5.41) is 7.32. The van der Waals surface area contributed by atoms with E-state index < -0.39 is 0 Å². The molecule has 6 nitrogen and oxygen atoms in total. The highest BCUT2D eigenvalue weighted by Crippen LogP contribution is 2.44. The molecular formula is C77H52N6. The molecule has 0 saturated heterocycles. The normalized spacial score (nSPS) is 11.7. The Morgan fingerprint density at radius 1 is 0.277 bits per heavy atom. The average molecular weight is 1060 g/mol. The van der Waals surface area contributed by atoms with Crippen LogP contribution in [0.2, 0.25) is 0 Å². The van der Waals surface area contributed by atoms with Gasteiger partial charge in [-0.2, -0.15) is 0 Å². The summed E-state index contributed by atoms with van der Waals surface area (Å²) in [6.07, 6.45) is 0.788. The maximum absolute atomic E-state index is 5.33. The maximum atomic E-state index is 5.33. The van der Waals surface area contributed by atoms with E-state index >= 15 is 0 Å². The van der Waals surface area contributed by atoms with E-state index in [1.54, 1.807) is 0 Å². The van der Waals surface area contributed by atoms with E-state index in [9.17, 15) is 0 Å². The first-order chi connectivity index (χ1) is 41.1. The molecule has 6 aromatic heterocycles. The lowest BCUT2D eigenvalue weighted by atomic mass is 9.90. The van der Waals surface area contributed by atoms with Gasteiger partial charge in [-0.25, -0.2) is 15.0 Å². The van der Waals surface area contributed by atoms with Gasteiger partial charge in [0.05, 0.1) is 67.3 Å². The van der Waals surface area contributed by atoms with Crippen molar-refractivity contribution >= 4 is 65.4 Å². The summed E-state index contributed by atoms with van der Waals surface area (Å²) in [6.45, 7) is 2.21. The topological polar surface area (TPSA) is 53.5 Å². The second kappa shape index (κ2) is 19.7. The molecule has 0 aliphatic carbocycles.